The van der Waals surface area contributed by atoms with Crippen LogP contribution in [0.3, 0.4) is 0 Å². The van der Waals surface area contributed by atoms with Crippen LogP contribution in [0.4, 0.5) is 20.2 Å². The van der Waals surface area contributed by atoms with E-state index in [1.165, 1.54) is 36.5 Å². The molecule has 0 amide bonds. The fourth-order valence-corrected chi connectivity index (χ4v) is 1.43. The lowest BCUT2D eigenvalue weighted by Crippen LogP contribution is -1.93. The molecule has 2 rings (SSSR count). The second-order valence-corrected chi connectivity index (χ2v) is 3.85. The van der Waals surface area contributed by atoms with Gasteiger partial charge in [-0.1, -0.05) is 6.07 Å². The third-order valence-electron chi connectivity index (χ3n) is 2.43. The van der Waals surface area contributed by atoms with E-state index in [0.29, 0.717) is 11.3 Å². The van der Waals surface area contributed by atoms with E-state index >= 15 is 0 Å². The lowest BCUT2D eigenvalue weighted by molar-refractivity contribution is -0.384. The minimum atomic E-state index is -0.954. The Labute approximate surface area is 112 Å². The van der Waals surface area contributed by atoms with E-state index < -0.39 is 16.6 Å². The molecule has 0 aliphatic carbocycles. The first-order valence-corrected chi connectivity index (χ1v) is 5.55. The minimum Gasteiger partial charge on any atom is -0.278 e. The molecule has 2 aromatic rings. The quantitative estimate of drug-likeness (QED) is 0.529. The summed E-state index contributed by atoms with van der Waals surface area (Å²) in [4.78, 5) is 9.95. The standard InChI is InChI=1S/C13H9F2N3O2/c14-12-6-1-9(7-13(12)15)8-16-17-10-2-4-11(5-3-10)18(19)20/h1-8,17H/b16-8+. The van der Waals surface area contributed by atoms with E-state index in [2.05, 4.69) is 10.5 Å². The minimum absolute atomic E-state index is 0.0277. The van der Waals surface area contributed by atoms with Crippen LogP contribution >= 0.6 is 0 Å². The summed E-state index contributed by atoms with van der Waals surface area (Å²) in [5.41, 5.74) is 3.52. The summed E-state index contributed by atoms with van der Waals surface area (Å²) in [7, 11) is 0. The number of anilines is 1. The SMILES string of the molecule is O=[N+]([O-])c1ccc(N/N=C/c2ccc(F)c(F)c2)cc1. The number of halogens is 2. The van der Waals surface area contributed by atoms with E-state index in [9.17, 15) is 18.9 Å². The summed E-state index contributed by atoms with van der Waals surface area (Å²) in [6.45, 7) is 0. The molecule has 0 saturated carbocycles. The zero-order chi connectivity index (χ0) is 14.5. The van der Waals surface area contributed by atoms with E-state index in [1.807, 2.05) is 0 Å². The zero-order valence-electron chi connectivity index (χ0n) is 10.1. The molecular formula is C13H9F2N3O2. The van der Waals surface area contributed by atoms with Crippen molar-refractivity contribution < 1.29 is 13.7 Å². The average molecular weight is 277 g/mol. The van der Waals surface area contributed by atoms with Crippen molar-refractivity contribution in [3.8, 4) is 0 Å². The number of non-ortho nitro benzene ring substituents is 1. The van der Waals surface area contributed by atoms with Crippen molar-refractivity contribution in [3.63, 3.8) is 0 Å². The molecule has 0 aliphatic rings. The summed E-state index contributed by atoms with van der Waals surface area (Å²) in [5, 5.41) is 14.3. The highest BCUT2D eigenvalue weighted by atomic mass is 19.2. The predicted molar refractivity (Wildman–Crippen MR) is 70.7 cm³/mol. The molecule has 0 aliphatic heterocycles. The van der Waals surface area contributed by atoms with E-state index in [4.69, 9.17) is 0 Å². The first kappa shape index (κ1) is 13.6. The second kappa shape index (κ2) is 5.87. The van der Waals surface area contributed by atoms with Crippen LogP contribution in [0.1, 0.15) is 5.56 Å². The first-order chi connectivity index (χ1) is 9.56. The van der Waals surface area contributed by atoms with Crippen LogP contribution in [0, 0.1) is 21.7 Å². The number of nitrogens with zero attached hydrogens (tertiary/aromatic N) is 2. The van der Waals surface area contributed by atoms with Gasteiger partial charge in [0.2, 0.25) is 0 Å². The normalized spacial score (nSPS) is 10.7. The molecule has 0 unspecified atom stereocenters. The zero-order valence-corrected chi connectivity index (χ0v) is 10.1. The Morgan fingerprint density at radius 1 is 1.10 bits per heavy atom. The van der Waals surface area contributed by atoms with Crippen LogP contribution in [0.25, 0.3) is 0 Å². The van der Waals surface area contributed by atoms with Gasteiger partial charge in [-0.15, -0.1) is 0 Å². The second-order valence-electron chi connectivity index (χ2n) is 3.85. The molecule has 5 nitrogen and oxygen atoms in total. The van der Waals surface area contributed by atoms with Crippen molar-refractivity contribution in [3.05, 3.63) is 69.8 Å². The Morgan fingerprint density at radius 3 is 2.40 bits per heavy atom. The predicted octanol–water partition coefficient (Wildman–Crippen LogP) is 3.32. The highest BCUT2D eigenvalue weighted by molar-refractivity contribution is 5.80. The van der Waals surface area contributed by atoms with Crippen molar-refractivity contribution in [2.24, 2.45) is 5.10 Å². The highest BCUT2D eigenvalue weighted by Crippen LogP contribution is 2.15. The van der Waals surface area contributed by atoms with Crippen LogP contribution < -0.4 is 5.43 Å². The van der Waals surface area contributed by atoms with Gasteiger partial charge in [0.1, 0.15) is 0 Å². The van der Waals surface area contributed by atoms with Crippen LogP contribution in [0.5, 0.6) is 0 Å². The van der Waals surface area contributed by atoms with Gasteiger partial charge in [-0.05, 0) is 29.8 Å². The highest BCUT2D eigenvalue weighted by Gasteiger charge is 2.03. The third-order valence-corrected chi connectivity index (χ3v) is 2.43. The van der Waals surface area contributed by atoms with Crippen LogP contribution in [-0.4, -0.2) is 11.1 Å². The summed E-state index contributed by atoms with van der Waals surface area (Å²) in [6, 6.07) is 9.02. The molecule has 0 bridgehead atoms. The van der Waals surface area contributed by atoms with Gasteiger partial charge in [0.25, 0.3) is 5.69 Å². The average Bonchev–Trinajstić information content (AvgIpc) is 2.43. The van der Waals surface area contributed by atoms with Gasteiger partial charge < -0.3 is 0 Å². The number of nitro benzene ring substituents is 1. The summed E-state index contributed by atoms with van der Waals surface area (Å²) >= 11 is 0. The van der Waals surface area contributed by atoms with Crippen LogP contribution in [0.2, 0.25) is 0 Å². The number of hydrazone groups is 1. The van der Waals surface area contributed by atoms with E-state index in [0.717, 1.165) is 12.1 Å². The Hall–Kier alpha value is -2.83. The third kappa shape index (κ3) is 3.35. The summed E-state index contributed by atoms with van der Waals surface area (Å²) in [6.07, 6.45) is 1.31. The Kier molecular flexibility index (Phi) is 3.99. The van der Waals surface area contributed by atoms with Gasteiger partial charge in [-0.3, -0.25) is 15.5 Å². The van der Waals surface area contributed by atoms with Gasteiger partial charge in [0.05, 0.1) is 16.8 Å². The van der Waals surface area contributed by atoms with E-state index in [-0.39, 0.29) is 5.69 Å². The van der Waals surface area contributed by atoms with Gasteiger partial charge in [-0.2, -0.15) is 5.10 Å². The molecule has 1 N–H and O–H groups in total. The van der Waals surface area contributed by atoms with Gasteiger partial charge in [0, 0.05) is 12.1 Å². The van der Waals surface area contributed by atoms with Gasteiger partial charge >= 0.3 is 0 Å². The number of nitro groups is 1. The van der Waals surface area contributed by atoms with E-state index in [1.54, 1.807) is 0 Å². The fraction of sp³-hybridized carbons (Fsp3) is 0. The monoisotopic (exact) mass is 277 g/mol. The van der Waals surface area contributed by atoms with Gasteiger partial charge in [-0.25, -0.2) is 8.78 Å². The lowest BCUT2D eigenvalue weighted by Gasteiger charge is -1.99. The Morgan fingerprint density at radius 2 is 1.80 bits per heavy atom. The molecule has 0 radical (unpaired) electrons. The number of rotatable bonds is 4. The first-order valence-electron chi connectivity index (χ1n) is 5.55. The maximum absolute atomic E-state index is 12.9. The molecule has 102 valence electrons. The maximum atomic E-state index is 12.9. The molecule has 0 aromatic heterocycles. The van der Waals surface area contributed by atoms with Crippen molar-refractivity contribution in [1.29, 1.82) is 0 Å². The van der Waals surface area contributed by atoms with Crippen molar-refractivity contribution in [1.82, 2.24) is 0 Å². The number of hydrogen-bond donors (Lipinski definition) is 1. The molecule has 0 saturated heterocycles. The molecule has 0 spiro atoms. The molecule has 0 fully saturated rings. The van der Waals surface area contributed by atoms with Gasteiger partial charge in [0.15, 0.2) is 11.6 Å². The fourth-order valence-electron chi connectivity index (χ4n) is 1.43. The van der Waals surface area contributed by atoms with Crippen molar-refractivity contribution in [2.45, 2.75) is 0 Å². The number of benzene rings is 2. The van der Waals surface area contributed by atoms with Crippen molar-refractivity contribution in [2.75, 3.05) is 5.43 Å². The van der Waals surface area contributed by atoms with Crippen LogP contribution in [-0.2, 0) is 0 Å². The van der Waals surface area contributed by atoms with Crippen LogP contribution in [0.15, 0.2) is 47.6 Å². The molecule has 20 heavy (non-hydrogen) atoms. The largest absolute Gasteiger partial charge is 0.278 e. The lowest BCUT2D eigenvalue weighted by atomic mass is 10.2. The molecule has 2 aromatic carbocycles. The summed E-state index contributed by atoms with van der Waals surface area (Å²) in [5.74, 6) is -1.88. The topological polar surface area (TPSA) is 67.5 Å². The van der Waals surface area contributed by atoms with Crippen molar-refractivity contribution >= 4 is 17.6 Å². The molecule has 0 heterocycles. The smallest absolute Gasteiger partial charge is 0.269 e. The summed E-state index contributed by atoms with van der Waals surface area (Å²) < 4.78 is 25.6. The number of nitrogens with one attached hydrogen (secondary N) is 1. The maximum Gasteiger partial charge on any atom is 0.269 e. The molecule has 0 atom stereocenters. The molecular weight excluding hydrogens is 268 g/mol. The Bertz CT molecular complexity index is 657. The molecule has 7 heteroatoms. The Balaban J connectivity index is 2.02. The number of hydrogen-bond acceptors (Lipinski definition) is 4.